The van der Waals surface area contributed by atoms with Crippen LogP contribution in [0.25, 0.3) is 0 Å². The van der Waals surface area contributed by atoms with Crippen molar-refractivity contribution in [3.8, 4) is 6.07 Å². The van der Waals surface area contributed by atoms with E-state index >= 15 is 0 Å². The Bertz CT molecular complexity index is 287. The molecule has 1 aliphatic heterocycles. The zero-order chi connectivity index (χ0) is 12.7. The van der Waals surface area contributed by atoms with Crippen LogP contribution < -0.4 is 11.1 Å². The van der Waals surface area contributed by atoms with E-state index in [9.17, 15) is 4.79 Å². The molecule has 1 fully saturated rings. The molecule has 2 atom stereocenters. The smallest absolute Gasteiger partial charge is 0.234 e. The molecule has 96 valence electrons. The molecule has 1 saturated heterocycles. The fraction of sp³-hybridized carbons (Fsp3) is 0.833. The molecule has 2 unspecified atom stereocenters. The predicted molar refractivity (Wildman–Crippen MR) is 66.1 cm³/mol. The summed E-state index contributed by atoms with van der Waals surface area (Å²) in [6.45, 7) is 4.57. The largest absolute Gasteiger partial charge is 0.354 e. The number of rotatable bonds is 5. The Morgan fingerprint density at radius 2 is 2.41 bits per heavy atom. The lowest BCUT2D eigenvalue weighted by Crippen LogP contribution is -2.52. The second-order valence-electron chi connectivity index (χ2n) is 4.65. The van der Waals surface area contributed by atoms with Gasteiger partial charge in [-0.25, -0.2) is 0 Å². The molecular formula is C12H22N4O. The third-order valence-electron chi connectivity index (χ3n) is 3.38. The highest BCUT2D eigenvalue weighted by atomic mass is 16.2. The van der Waals surface area contributed by atoms with Crippen LogP contribution in [0.1, 0.15) is 26.2 Å². The Hall–Kier alpha value is -1.12. The van der Waals surface area contributed by atoms with E-state index in [1.54, 1.807) is 0 Å². The maximum absolute atomic E-state index is 11.7. The van der Waals surface area contributed by atoms with E-state index in [-0.39, 0.29) is 5.91 Å². The first kappa shape index (κ1) is 13.9. The number of piperidine rings is 1. The molecule has 1 rings (SSSR count). The number of nitrogens with zero attached hydrogens (tertiary/aromatic N) is 2. The first-order valence-corrected chi connectivity index (χ1v) is 6.26. The molecule has 0 bridgehead atoms. The molecule has 17 heavy (non-hydrogen) atoms. The highest BCUT2D eigenvalue weighted by Gasteiger charge is 2.28. The second-order valence-corrected chi connectivity index (χ2v) is 4.65. The van der Waals surface area contributed by atoms with Crippen molar-refractivity contribution in [1.82, 2.24) is 10.2 Å². The van der Waals surface area contributed by atoms with Crippen molar-refractivity contribution in [3.05, 3.63) is 0 Å². The van der Waals surface area contributed by atoms with Crippen LogP contribution in [0.3, 0.4) is 0 Å². The summed E-state index contributed by atoms with van der Waals surface area (Å²) < 4.78 is 0. The second kappa shape index (κ2) is 7.25. The fourth-order valence-corrected chi connectivity index (χ4v) is 2.41. The van der Waals surface area contributed by atoms with Crippen molar-refractivity contribution in [2.24, 2.45) is 11.7 Å². The Labute approximate surface area is 103 Å². The highest BCUT2D eigenvalue weighted by molar-refractivity contribution is 5.78. The van der Waals surface area contributed by atoms with Crippen LogP contribution in [0.5, 0.6) is 0 Å². The van der Waals surface area contributed by atoms with Gasteiger partial charge in [0.25, 0.3) is 0 Å². The average molecular weight is 238 g/mol. The molecule has 0 aromatic rings. The van der Waals surface area contributed by atoms with Crippen molar-refractivity contribution in [2.75, 3.05) is 26.2 Å². The van der Waals surface area contributed by atoms with Crippen LogP contribution in [-0.2, 0) is 4.79 Å². The molecule has 5 heteroatoms. The highest BCUT2D eigenvalue weighted by Crippen LogP contribution is 2.21. The number of amides is 1. The normalized spacial score (nSPS) is 25.2. The van der Waals surface area contributed by atoms with E-state index in [1.165, 1.54) is 6.42 Å². The minimum atomic E-state index is -0.00667. The number of nitrogens with two attached hydrogens (primary N) is 1. The maximum atomic E-state index is 11.7. The van der Waals surface area contributed by atoms with Gasteiger partial charge < -0.3 is 11.1 Å². The third kappa shape index (κ3) is 4.33. The molecule has 0 saturated carbocycles. The number of carbonyl (C=O) groups excluding carboxylic acids is 1. The summed E-state index contributed by atoms with van der Waals surface area (Å²) in [5, 5.41) is 11.1. The molecule has 0 aromatic carbocycles. The van der Waals surface area contributed by atoms with Crippen molar-refractivity contribution in [1.29, 1.82) is 5.26 Å². The zero-order valence-electron chi connectivity index (χ0n) is 10.5. The van der Waals surface area contributed by atoms with E-state index < -0.39 is 0 Å². The van der Waals surface area contributed by atoms with Gasteiger partial charge >= 0.3 is 0 Å². The van der Waals surface area contributed by atoms with E-state index in [0.29, 0.717) is 38.0 Å². The van der Waals surface area contributed by atoms with Crippen LogP contribution in [0.2, 0.25) is 0 Å². The third-order valence-corrected chi connectivity index (χ3v) is 3.38. The number of likely N-dealkylation sites (tertiary alicyclic amines) is 1. The SMILES string of the molecule is CC1CCCN(CC(=O)NCCC#N)C1CN. The molecule has 0 aromatic heterocycles. The van der Waals surface area contributed by atoms with Crippen LogP contribution in [-0.4, -0.2) is 43.0 Å². The van der Waals surface area contributed by atoms with E-state index in [4.69, 9.17) is 11.0 Å². The van der Waals surface area contributed by atoms with E-state index in [2.05, 4.69) is 17.1 Å². The summed E-state index contributed by atoms with van der Waals surface area (Å²) >= 11 is 0. The van der Waals surface area contributed by atoms with Crippen LogP contribution >= 0.6 is 0 Å². The Morgan fingerprint density at radius 3 is 3.06 bits per heavy atom. The molecule has 0 spiro atoms. The minimum Gasteiger partial charge on any atom is -0.354 e. The van der Waals surface area contributed by atoms with Crippen molar-refractivity contribution >= 4 is 5.91 Å². The molecule has 3 N–H and O–H groups in total. The Kier molecular flexibility index (Phi) is 5.95. The number of carbonyl (C=O) groups is 1. The molecule has 0 aliphatic carbocycles. The van der Waals surface area contributed by atoms with Gasteiger partial charge in [0.1, 0.15) is 0 Å². The van der Waals surface area contributed by atoms with Gasteiger partial charge in [0, 0.05) is 19.1 Å². The maximum Gasteiger partial charge on any atom is 0.234 e. The summed E-state index contributed by atoms with van der Waals surface area (Å²) in [7, 11) is 0. The number of hydrogen-bond acceptors (Lipinski definition) is 4. The summed E-state index contributed by atoms with van der Waals surface area (Å²) in [6.07, 6.45) is 2.68. The van der Waals surface area contributed by atoms with Crippen molar-refractivity contribution in [3.63, 3.8) is 0 Å². The molecule has 1 aliphatic rings. The number of nitrogens with one attached hydrogen (secondary N) is 1. The van der Waals surface area contributed by atoms with Gasteiger partial charge in [0.05, 0.1) is 19.0 Å². The van der Waals surface area contributed by atoms with Gasteiger partial charge in [-0.2, -0.15) is 5.26 Å². The quantitative estimate of drug-likeness (QED) is 0.664. The lowest BCUT2D eigenvalue weighted by atomic mass is 9.91. The van der Waals surface area contributed by atoms with Gasteiger partial charge in [0.15, 0.2) is 0 Å². The molecule has 1 amide bonds. The summed E-state index contributed by atoms with van der Waals surface area (Å²) in [5.74, 6) is 0.549. The summed E-state index contributed by atoms with van der Waals surface area (Å²) in [6, 6.07) is 2.32. The Morgan fingerprint density at radius 1 is 1.65 bits per heavy atom. The summed E-state index contributed by atoms with van der Waals surface area (Å²) in [5.41, 5.74) is 5.77. The summed E-state index contributed by atoms with van der Waals surface area (Å²) in [4.78, 5) is 13.8. The molecule has 1 heterocycles. The predicted octanol–water partition coefficient (Wildman–Crippen LogP) is 0.0755. The van der Waals surface area contributed by atoms with Gasteiger partial charge in [-0.15, -0.1) is 0 Å². The molecule has 5 nitrogen and oxygen atoms in total. The van der Waals surface area contributed by atoms with E-state index in [0.717, 1.165) is 13.0 Å². The van der Waals surface area contributed by atoms with Crippen LogP contribution in [0, 0.1) is 17.2 Å². The monoisotopic (exact) mass is 238 g/mol. The lowest BCUT2D eigenvalue weighted by molar-refractivity contribution is -0.123. The molecular weight excluding hydrogens is 216 g/mol. The first-order valence-electron chi connectivity index (χ1n) is 6.26. The van der Waals surface area contributed by atoms with Crippen LogP contribution in [0.15, 0.2) is 0 Å². The first-order chi connectivity index (χ1) is 8.19. The van der Waals surface area contributed by atoms with Gasteiger partial charge in [0.2, 0.25) is 5.91 Å². The van der Waals surface area contributed by atoms with E-state index in [1.807, 2.05) is 6.07 Å². The van der Waals surface area contributed by atoms with Gasteiger partial charge in [-0.05, 0) is 25.3 Å². The van der Waals surface area contributed by atoms with Gasteiger partial charge in [-0.3, -0.25) is 9.69 Å². The Balaban J connectivity index is 2.38. The lowest BCUT2D eigenvalue weighted by Gasteiger charge is -2.38. The van der Waals surface area contributed by atoms with Crippen molar-refractivity contribution in [2.45, 2.75) is 32.2 Å². The van der Waals surface area contributed by atoms with Gasteiger partial charge in [-0.1, -0.05) is 6.92 Å². The number of hydrogen-bond donors (Lipinski definition) is 2. The average Bonchev–Trinajstić information content (AvgIpc) is 2.29. The zero-order valence-corrected chi connectivity index (χ0v) is 10.5. The topological polar surface area (TPSA) is 82.2 Å². The standard InChI is InChI=1S/C12H22N4O/c1-10-4-2-7-16(11(10)8-14)9-12(17)15-6-3-5-13/h10-11H,2-4,6-9,14H2,1H3,(H,15,17). The number of nitriles is 1. The fourth-order valence-electron chi connectivity index (χ4n) is 2.41. The minimum absolute atomic E-state index is 0.00667. The van der Waals surface area contributed by atoms with Crippen LogP contribution in [0.4, 0.5) is 0 Å². The molecule has 0 radical (unpaired) electrons. The van der Waals surface area contributed by atoms with Crippen molar-refractivity contribution < 1.29 is 4.79 Å².